The number of benzene rings is 1. The molecule has 2 aromatic rings. The average Bonchev–Trinajstić information content (AvgIpc) is 3.25. The largest absolute Gasteiger partial charge is 0.454 e. The maximum atomic E-state index is 11.7. The molecule has 1 aromatic carbocycles. The van der Waals surface area contributed by atoms with Gasteiger partial charge in [0.05, 0.1) is 11.4 Å². The standard InChI is InChI=1S/C18H21N3O4S/c1-12(2)7-17-19-18(8-13-5-6-26(22,23)10-13)21(20-17)14-3-4-15-16(9-14)25-11-24-15/h3-6,9,12-13H,7-8,10-11H2,1-2H3/t13-/m0/s1. The third kappa shape index (κ3) is 3.46. The van der Waals surface area contributed by atoms with Crippen LogP contribution in [-0.4, -0.2) is 35.7 Å². The van der Waals surface area contributed by atoms with Gasteiger partial charge in [0, 0.05) is 24.3 Å². The Balaban J connectivity index is 1.68. The highest BCUT2D eigenvalue weighted by atomic mass is 32.2. The van der Waals surface area contributed by atoms with E-state index in [1.807, 2.05) is 18.2 Å². The SMILES string of the molecule is CC(C)Cc1nc(C[C@@H]2C=CS(=O)(=O)C2)n(-c2ccc3c(c2)OCO3)n1. The summed E-state index contributed by atoms with van der Waals surface area (Å²) in [7, 11) is -3.09. The molecule has 0 aliphatic carbocycles. The molecule has 4 rings (SSSR count). The first-order chi connectivity index (χ1) is 12.4. The molecule has 0 spiro atoms. The normalized spacial score (nSPS) is 20.2. The highest BCUT2D eigenvalue weighted by molar-refractivity contribution is 7.94. The van der Waals surface area contributed by atoms with Crippen molar-refractivity contribution in [3.8, 4) is 17.2 Å². The van der Waals surface area contributed by atoms with Crippen molar-refractivity contribution in [3.05, 3.63) is 41.3 Å². The van der Waals surface area contributed by atoms with E-state index < -0.39 is 9.84 Å². The van der Waals surface area contributed by atoms with E-state index in [4.69, 9.17) is 9.47 Å². The summed E-state index contributed by atoms with van der Waals surface area (Å²) in [5, 5.41) is 5.96. The zero-order chi connectivity index (χ0) is 18.3. The van der Waals surface area contributed by atoms with Crippen LogP contribution in [0.4, 0.5) is 0 Å². The van der Waals surface area contributed by atoms with Crippen molar-refractivity contribution in [2.45, 2.75) is 26.7 Å². The highest BCUT2D eigenvalue weighted by Gasteiger charge is 2.25. The molecule has 0 fully saturated rings. The van der Waals surface area contributed by atoms with Gasteiger partial charge in [0.15, 0.2) is 27.2 Å². The minimum atomic E-state index is -3.09. The Morgan fingerprint density at radius 1 is 1.27 bits per heavy atom. The molecular formula is C18H21N3O4S. The van der Waals surface area contributed by atoms with Crippen molar-refractivity contribution in [1.82, 2.24) is 14.8 Å². The van der Waals surface area contributed by atoms with Gasteiger partial charge < -0.3 is 9.47 Å². The molecule has 3 heterocycles. The van der Waals surface area contributed by atoms with Crippen molar-refractivity contribution in [2.24, 2.45) is 11.8 Å². The number of hydrogen-bond acceptors (Lipinski definition) is 6. The Morgan fingerprint density at radius 3 is 2.81 bits per heavy atom. The molecule has 2 aliphatic rings. The second-order valence-corrected chi connectivity index (χ2v) is 9.05. The number of allylic oxidation sites excluding steroid dienone is 1. The van der Waals surface area contributed by atoms with Gasteiger partial charge in [0.1, 0.15) is 5.82 Å². The van der Waals surface area contributed by atoms with Crippen LogP contribution in [0.1, 0.15) is 25.5 Å². The van der Waals surface area contributed by atoms with Crippen LogP contribution in [0, 0.1) is 11.8 Å². The molecule has 1 atom stereocenters. The smallest absolute Gasteiger partial charge is 0.231 e. The van der Waals surface area contributed by atoms with Crippen molar-refractivity contribution in [3.63, 3.8) is 0 Å². The maximum Gasteiger partial charge on any atom is 0.231 e. The monoisotopic (exact) mass is 375 g/mol. The fraction of sp³-hybridized carbons (Fsp3) is 0.444. The van der Waals surface area contributed by atoms with Crippen molar-refractivity contribution in [1.29, 1.82) is 0 Å². The van der Waals surface area contributed by atoms with Crippen LogP contribution in [0.15, 0.2) is 29.7 Å². The molecule has 1 aromatic heterocycles. The number of ether oxygens (including phenoxy) is 2. The molecule has 0 radical (unpaired) electrons. The molecule has 0 unspecified atom stereocenters. The van der Waals surface area contributed by atoms with Crippen LogP contribution in [-0.2, 0) is 22.7 Å². The van der Waals surface area contributed by atoms with Crippen LogP contribution < -0.4 is 9.47 Å². The van der Waals surface area contributed by atoms with Gasteiger partial charge in [-0.25, -0.2) is 18.1 Å². The predicted molar refractivity (Wildman–Crippen MR) is 96.1 cm³/mol. The Bertz CT molecular complexity index is 963. The van der Waals surface area contributed by atoms with E-state index >= 15 is 0 Å². The maximum absolute atomic E-state index is 11.7. The van der Waals surface area contributed by atoms with Gasteiger partial charge in [-0.05, 0) is 24.0 Å². The lowest BCUT2D eigenvalue weighted by molar-refractivity contribution is 0.174. The van der Waals surface area contributed by atoms with Gasteiger partial charge in [-0.3, -0.25) is 0 Å². The lowest BCUT2D eigenvalue weighted by Gasteiger charge is -2.09. The molecule has 138 valence electrons. The lowest BCUT2D eigenvalue weighted by Crippen LogP contribution is -2.12. The first-order valence-electron chi connectivity index (χ1n) is 8.65. The zero-order valence-corrected chi connectivity index (χ0v) is 15.6. The summed E-state index contributed by atoms with van der Waals surface area (Å²) in [4.78, 5) is 4.68. The molecule has 7 nitrogen and oxygen atoms in total. The summed E-state index contributed by atoms with van der Waals surface area (Å²) in [5.74, 6) is 3.38. The second kappa shape index (κ2) is 6.42. The van der Waals surface area contributed by atoms with E-state index in [0.717, 1.165) is 23.8 Å². The second-order valence-electron chi connectivity index (χ2n) is 7.11. The molecule has 0 saturated heterocycles. The van der Waals surface area contributed by atoms with Gasteiger partial charge in [-0.2, -0.15) is 5.10 Å². The molecule has 0 bridgehead atoms. The predicted octanol–water partition coefficient (Wildman–Crippen LogP) is 2.30. The molecule has 0 amide bonds. The lowest BCUT2D eigenvalue weighted by atomic mass is 10.1. The summed E-state index contributed by atoms with van der Waals surface area (Å²) in [5.41, 5.74) is 0.830. The fourth-order valence-electron chi connectivity index (χ4n) is 3.20. The van der Waals surface area contributed by atoms with Gasteiger partial charge >= 0.3 is 0 Å². The minimum Gasteiger partial charge on any atom is -0.454 e. The Morgan fingerprint density at radius 2 is 2.08 bits per heavy atom. The molecule has 0 N–H and O–H groups in total. The molecule has 0 saturated carbocycles. The molecule has 2 aliphatic heterocycles. The quantitative estimate of drug-likeness (QED) is 0.797. The summed E-state index contributed by atoms with van der Waals surface area (Å²) < 4.78 is 36.0. The zero-order valence-electron chi connectivity index (χ0n) is 14.8. The summed E-state index contributed by atoms with van der Waals surface area (Å²) in [6.07, 6.45) is 3.04. The summed E-state index contributed by atoms with van der Waals surface area (Å²) >= 11 is 0. The average molecular weight is 375 g/mol. The van der Waals surface area contributed by atoms with E-state index in [0.29, 0.717) is 23.8 Å². The van der Waals surface area contributed by atoms with Crippen LogP contribution in [0.2, 0.25) is 0 Å². The van der Waals surface area contributed by atoms with Crippen molar-refractivity contribution >= 4 is 9.84 Å². The van der Waals surface area contributed by atoms with Gasteiger partial charge in [-0.1, -0.05) is 19.9 Å². The van der Waals surface area contributed by atoms with Crippen LogP contribution in [0.25, 0.3) is 5.69 Å². The Kier molecular flexibility index (Phi) is 4.22. The van der Waals surface area contributed by atoms with Crippen molar-refractivity contribution < 1.29 is 17.9 Å². The van der Waals surface area contributed by atoms with Gasteiger partial charge in [0.2, 0.25) is 6.79 Å². The minimum absolute atomic E-state index is 0.0798. The topological polar surface area (TPSA) is 83.3 Å². The first kappa shape index (κ1) is 17.1. The molecule has 8 heteroatoms. The van der Waals surface area contributed by atoms with Crippen LogP contribution in [0.3, 0.4) is 0 Å². The summed E-state index contributed by atoms with van der Waals surface area (Å²) in [6.45, 7) is 4.45. The fourth-order valence-corrected chi connectivity index (χ4v) is 4.60. The van der Waals surface area contributed by atoms with E-state index in [9.17, 15) is 8.42 Å². The van der Waals surface area contributed by atoms with Crippen molar-refractivity contribution in [2.75, 3.05) is 12.5 Å². The number of aromatic nitrogens is 3. The van der Waals surface area contributed by atoms with E-state index in [-0.39, 0.29) is 18.5 Å². The molecular weight excluding hydrogens is 354 g/mol. The van der Waals surface area contributed by atoms with Crippen LogP contribution in [0.5, 0.6) is 11.5 Å². The third-order valence-corrected chi connectivity index (χ3v) is 5.82. The van der Waals surface area contributed by atoms with Gasteiger partial charge in [0.25, 0.3) is 0 Å². The van der Waals surface area contributed by atoms with Crippen LogP contribution >= 0.6 is 0 Å². The molecule has 26 heavy (non-hydrogen) atoms. The van der Waals surface area contributed by atoms with E-state index in [2.05, 4.69) is 23.9 Å². The summed E-state index contributed by atoms with van der Waals surface area (Å²) in [6, 6.07) is 5.64. The Labute approximate surface area is 152 Å². The number of rotatable bonds is 5. The van der Waals surface area contributed by atoms with Gasteiger partial charge in [-0.15, -0.1) is 0 Å². The third-order valence-electron chi connectivity index (χ3n) is 4.36. The number of nitrogens with zero attached hydrogens (tertiary/aromatic N) is 3. The van der Waals surface area contributed by atoms with E-state index in [1.54, 1.807) is 10.8 Å². The number of sulfone groups is 1. The number of hydrogen-bond donors (Lipinski definition) is 0. The first-order valence-corrected chi connectivity index (χ1v) is 10.4. The number of fused-ring (bicyclic) bond motifs is 1. The Hall–Kier alpha value is -2.35. The van der Waals surface area contributed by atoms with E-state index in [1.165, 1.54) is 5.41 Å². The highest BCUT2D eigenvalue weighted by Crippen LogP contribution is 2.34.